The molecular weight excluding hydrogens is 176 g/mol. The van der Waals surface area contributed by atoms with Crippen molar-refractivity contribution in [2.24, 2.45) is 0 Å². The molecule has 1 aromatic carbocycles. The number of hydrogen-bond donors (Lipinski definition) is 0. The van der Waals surface area contributed by atoms with Crippen LogP contribution in [-0.2, 0) is 0 Å². The second-order valence-corrected chi connectivity index (χ2v) is 3.26. The molecule has 72 valence electrons. The highest BCUT2D eigenvalue weighted by atomic mass is 15.5. The highest BCUT2D eigenvalue weighted by molar-refractivity contribution is 5.18. The van der Waals surface area contributed by atoms with Gasteiger partial charge in [-0.1, -0.05) is 30.3 Å². The summed E-state index contributed by atoms with van der Waals surface area (Å²) >= 11 is 0. The van der Waals surface area contributed by atoms with Crippen molar-refractivity contribution in [3.63, 3.8) is 0 Å². The number of aryl methyl sites for hydroxylation is 1. The van der Waals surface area contributed by atoms with Crippen LogP contribution in [0.3, 0.4) is 0 Å². The van der Waals surface area contributed by atoms with Gasteiger partial charge in [0, 0.05) is 0 Å². The minimum absolute atomic E-state index is 0.186. The molecule has 0 fully saturated rings. The van der Waals surface area contributed by atoms with Crippen molar-refractivity contribution in [3.05, 3.63) is 41.7 Å². The van der Waals surface area contributed by atoms with E-state index >= 15 is 0 Å². The molecule has 0 aliphatic heterocycles. The number of nitrogens with zero attached hydrogens (tertiary/aromatic N) is 4. The van der Waals surface area contributed by atoms with Crippen molar-refractivity contribution in [2.45, 2.75) is 19.9 Å². The molecule has 2 aromatic rings. The molecule has 1 heterocycles. The Morgan fingerprint density at radius 1 is 1.21 bits per heavy atom. The fourth-order valence-corrected chi connectivity index (χ4v) is 1.47. The van der Waals surface area contributed by atoms with Gasteiger partial charge in [-0.15, -0.1) is 5.10 Å². The Labute approximate surface area is 82.6 Å². The Hall–Kier alpha value is -1.71. The third-order valence-corrected chi connectivity index (χ3v) is 2.31. The second kappa shape index (κ2) is 3.57. The van der Waals surface area contributed by atoms with E-state index in [4.69, 9.17) is 0 Å². The van der Waals surface area contributed by atoms with E-state index in [1.54, 1.807) is 0 Å². The molecule has 0 aliphatic carbocycles. The Morgan fingerprint density at radius 2 is 1.93 bits per heavy atom. The van der Waals surface area contributed by atoms with E-state index in [9.17, 15) is 0 Å². The molecule has 1 aromatic heterocycles. The molecule has 0 saturated carbocycles. The smallest absolute Gasteiger partial charge is 0.148 e. The van der Waals surface area contributed by atoms with Crippen LogP contribution < -0.4 is 0 Å². The van der Waals surface area contributed by atoms with Crippen LogP contribution in [0.5, 0.6) is 0 Å². The van der Waals surface area contributed by atoms with Crippen LogP contribution in [0.4, 0.5) is 0 Å². The predicted molar refractivity (Wildman–Crippen MR) is 52.8 cm³/mol. The lowest BCUT2D eigenvalue weighted by Crippen LogP contribution is -2.10. The molecule has 0 N–H and O–H groups in total. The zero-order chi connectivity index (χ0) is 9.97. The molecule has 0 saturated heterocycles. The van der Waals surface area contributed by atoms with Gasteiger partial charge in [0.15, 0.2) is 0 Å². The third-order valence-electron chi connectivity index (χ3n) is 2.31. The van der Waals surface area contributed by atoms with Gasteiger partial charge in [0.1, 0.15) is 5.82 Å². The largest absolute Gasteiger partial charge is 0.223 e. The molecule has 0 aliphatic rings. The minimum atomic E-state index is 0.186. The van der Waals surface area contributed by atoms with E-state index in [0.717, 1.165) is 5.82 Å². The number of benzene rings is 1. The van der Waals surface area contributed by atoms with Crippen molar-refractivity contribution in [3.8, 4) is 0 Å². The van der Waals surface area contributed by atoms with Crippen LogP contribution in [0.25, 0.3) is 0 Å². The monoisotopic (exact) mass is 188 g/mol. The van der Waals surface area contributed by atoms with E-state index in [0.29, 0.717) is 0 Å². The predicted octanol–water partition coefficient (Wildman–Crippen LogP) is 1.59. The van der Waals surface area contributed by atoms with Crippen LogP contribution in [0, 0.1) is 6.92 Å². The van der Waals surface area contributed by atoms with Gasteiger partial charge in [0.05, 0.1) is 6.04 Å². The summed E-state index contributed by atoms with van der Waals surface area (Å²) < 4.78 is 1.81. The van der Waals surface area contributed by atoms with E-state index < -0.39 is 0 Å². The summed E-state index contributed by atoms with van der Waals surface area (Å²) in [4.78, 5) is 0. The van der Waals surface area contributed by atoms with E-state index in [1.165, 1.54) is 5.56 Å². The molecule has 4 nitrogen and oxygen atoms in total. The molecule has 1 atom stereocenters. The average Bonchev–Trinajstić information content (AvgIpc) is 2.65. The summed E-state index contributed by atoms with van der Waals surface area (Å²) in [5, 5.41) is 11.4. The maximum atomic E-state index is 3.95. The van der Waals surface area contributed by atoms with Gasteiger partial charge in [-0.3, -0.25) is 0 Å². The first kappa shape index (κ1) is 8.87. The lowest BCUT2D eigenvalue weighted by Gasteiger charge is -2.11. The summed E-state index contributed by atoms with van der Waals surface area (Å²) in [6.07, 6.45) is 0. The van der Waals surface area contributed by atoms with E-state index in [-0.39, 0.29) is 6.04 Å². The van der Waals surface area contributed by atoms with Gasteiger partial charge in [-0.25, -0.2) is 4.68 Å². The lowest BCUT2D eigenvalue weighted by molar-refractivity contribution is 0.530. The van der Waals surface area contributed by atoms with Crippen molar-refractivity contribution < 1.29 is 0 Å². The fraction of sp³-hybridized carbons (Fsp3) is 0.300. The molecule has 0 amide bonds. The van der Waals surface area contributed by atoms with Gasteiger partial charge in [-0.05, 0) is 29.8 Å². The Bertz CT molecular complexity index is 407. The Morgan fingerprint density at radius 3 is 2.50 bits per heavy atom. The zero-order valence-electron chi connectivity index (χ0n) is 8.25. The maximum Gasteiger partial charge on any atom is 0.148 e. The lowest BCUT2D eigenvalue weighted by atomic mass is 10.1. The first-order valence-electron chi connectivity index (χ1n) is 4.58. The van der Waals surface area contributed by atoms with Crippen molar-refractivity contribution in [2.75, 3.05) is 0 Å². The molecule has 2 rings (SSSR count). The standard InChI is InChI=1S/C10H12N4/c1-8(10-6-4-3-5-7-10)14-9(2)11-12-13-14/h3-8H,1-2H3. The van der Waals surface area contributed by atoms with Crippen LogP contribution in [0.15, 0.2) is 30.3 Å². The summed E-state index contributed by atoms with van der Waals surface area (Å²) in [6.45, 7) is 3.98. The molecular formula is C10H12N4. The molecule has 4 heteroatoms. The van der Waals surface area contributed by atoms with Crippen LogP contribution in [0.2, 0.25) is 0 Å². The quantitative estimate of drug-likeness (QED) is 0.718. The number of aromatic nitrogens is 4. The van der Waals surface area contributed by atoms with Crippen molar-refractivity contribution in [1.82, 2.24) is 20.2 Å². The summed E-state index contributed by atoms with van der Waals surface area (Å²) in [6, 6.07) is 10.4. The normalized spacial score (nSPS) is 12.7. The van der Waals surface area contributed by atoms with Crippen LogP contribution >= 0.6 is 0 Å². The van der Waals surface area contributed by atoms with Gasteiger partial charge < -0.3 is 0 Å². The van der Waals surface area contributed by atoms with Gasteiger partial charge in [0.2, 0.25) is 0 Å². The first-order valence-corrected chi connectivity index (χ1v) is 4.58. The summed E-state index contributed by atoms with van der Waals surface area (Å²) in [7, 11) is 0. The number of tetrazole rings is 1. The highest BCUT2D eigenvalue weighted by Crippen LogP contribution is 2.16. The number of hydrogen-bond acceptors (Lipinski definition) is 3. The topological polar surface area (TPSA) is 43.6 Å². The molecule has 0 radical (unpaired) electrons. The maximum absolute atomic E-state index is 3.95. The molecule has 0 spiro atoms. The van der Waals surface area contributed by atoms with Crippen molar-refractivity contribution in [1.29, 1.82) is 0 Å². The zero-order valence-corrected chi connectivity index (χ0v) is 8.25. The van der Waals surface area contributed by atoms with Crippen molar-refractivity contribution >= 4 is 0 Å². The molecule has 14 heavy (non-hydrogen) atoms. The molecule has 1 unspecified atom stereocenters. The van der Waals surface area contributed by atoms with Gasteiger partial charge >= 0.3 is 0 Å². The second-order valence-electron chi connectivity index (χ2n) is 3.26. The fourth-order valence-electron chi connectivity index (χ4n) is 1.47. The summed E-state index contributed by atoms with van der Waals surface area (Å²) in [5.74, 6) is 0.835. The van der Waals surface area contributed by atoms with Crippen LogP contribution in [0.1, 0.15) is 24.4 Å². The van der Waals surface area contributed by atoms with Gasteiger partial charge in [-0.2, -0.15) is 0 Å². The highest BCUT2D eigenvalue weighted by Gasteiger charge is 2.10. The summed E-state index contributed by atoms with van der Waals surface area (Å²) in [5.41, 5.74) is 1.21. The first-order chi connectivity index (χ1) is 6.79. The SMILES string of the molecule is Cc1nnnn1C(C)c1ccccc1. The average molecular weight is 188 g/mol. The van der Waals surface area contributed by atoms with E-state index in [1.807, 2.05) is 29.8 Å². The third kappa shape index (κ3) is 1.51. The van der Waals surface area contributed by atoms with Crippen LogP contribution in [-0.4, -0.2) is 20.2 Å². The van der Waals surface area contributed by atoms with E-state index in [2.05, 4.69) is 34.6 Å². The number of rotatable bonds is 2. The Balaban J connectivity index is 2.34. The molecule has 0 bridgehead atoms. The van der Waals surface area contributed by atoms with Gasteiger partial charge in [0.25, 0.3) is 0 Å². The Kier molecular flexibility index (Phi) is 2.26. The minimum Gasteiger partial charge on any atom is -0.223 e.